The van der Waals surface area contributed by atoms with Crippen LogP contribution >= 0.6 is 0 Å². The minimum atomic E-state index is -1.57. The molecular formula is C17H18O6. The lowest BCUT2D eigenvalue weighted by atomic mass is 10.0. The summed E-state index contributed by atoms with van der Waals surface area (Å²) in [6, 6.07) is 3.89. The molecule has 0 bridgehead atoms. The Morgan fingerprint density at radius 2 is 2.13 bits per heavy atom. The summed E-state index contributed by atoms with van der Waals surface area (Å²) in [4.78, 5) is 22.6. The second kappa shape index (κ2) is 6.66. The highest BCUT2D eigenvalue weighted by Crippen LogP contribution is 2.42. The number of hydrogen-bond acceptors (Lipinski definition) is 6. The second-order valence-electron chi connectivity index (χ2n) is 5.24. The summed E-state index contributed by atoms with van der Waals surface area (Å²) >= 11 is 0. The van der Waals surface area contributed by atoms with Gasteiger partial charge in [0.05, 0.1) is 5.56 Å². The molecule has 1 aromatic carbocycles. The number of benzene rings is 1. The van der Waals surface area contributed by atoms with Gasteiger partial charge in [0.15, 0.2) is 0 Å². The molecule has 1 aromatic rings. The Bertz CT molecular complexity index is 688. The van der Waals surface area contributed by atoms with Crippen molar-refractivity contribution < 1.29 is 29.3 Å². The number of aldehydes is 1. The first kappa shape index (κ1) is 16.8. The molecule has 1 aliphatic heterocycles. The normalized spacial score (nSPS) is 21.0. The molecule has 0 aliphatic carbocycles. The molecule has 6 nitrogen and oxygen atoms in total. The number of esters is 1. The molecule has 0 radical (unpaired) electrons. The van der Waals surface area contributed by atoms with Crippen LogP contribution < -0.4 is 0 Å². The molecule has 0 unspecified atom stereocenters. The fourth-order valence-corrected chi connectivity index (χ4v) is 2.35. The van der Waals surface area contributed by atoms with E-state index in [0.29, 0.717) is 24.0 Å². The number of phenols is 2. The summed E-state index contributed by atoms with van der Waals surface area (Å²) in [6.45, 7) is 1.68. The van der Waals surface area contributed by atoms with Crippen molar-refractivity contribution in [1.29, 1.82) is 0 Å². The Balaban J connectivity index is 2.31. The number of aromatic hydroxyl groups is 2. The first-order valence-electron chi connectivity index (χ1n) is 7.06. The van der Waals surface area contributed by atoms with E-state index in [1.54, 1.807) is 13.0 Å². The zero-order chi connectivity index (χ0) is 17.0. The van der Waals surface area contributed by atoms with E-state index in [9.17, 15) is 19.8 Å². The smallest absolute Gasteiger partial charge is 0.336 e. The fraction of sp³-hybridized carbons (Fsp3) is 0.294. The van der Waals surface area contributed by atoms with Gasteiger partial charge < -0.3 is 19.7 Å². The number of rotatable bonds is 6. The van der Waals surface area contributed by atoms with Crippen molar-refractivity contribution in [1.82, 2.24) is 0 Å². The van der Waals surface area contributed by atoms with E-state index in [4.69, 9.17) is 9.47 Å². The van der Waals surface area contributed by atoms with Crippen molar-refractivity contribution >= 4 is 12.3 Å². The van der Waals surface area contributed by atoms with Crippen LogP contribution in [0.5, 0.6) is 11.5 Å². The van der Waals surface area contributed by atoms with Crippen LogP contribution in [0.25, 0.3) is 0 Å². The van der Waals surface area contributed by atoms with E-state index in [2.05, 4.69) is 0 Å². The lowest BCUT2D eigenvalue weighted by Crippen LogP contribution is -2.27. The van der Waals surface area contributed by atoms with E-state index in [1.807, 2.05) is 0 Å². The molecule has 2 N–H and O–H groups in total. The Morgan fingerprint density at radius 1 is 1.39 bits per heavy atom. The molecule has 1 atom stereocenters. The Hall–Kier alpha value is -2.60. The minimum Gasteiger partial charge on any atom is -0.508 e. The maximum Gasteiger partial charge on any atom is 0.336 e. The highest BCUT2D eigenvalue weighted by Gasteiger charge is 2.43. The van der Waals surface area contributed by atoms with Gasteiger partial charge in [-0.25, -0.2) is 4.79 Å². The second-order valence-corrected chi connectivity index (χ2v) is 5.24. The van der Waals surface area contributed by atoms with Crippen LogP contribution in [0.4, 0.5) is 0 Å². The predicted octanol–water partition coefficient (Wildman–Crippen LogP) is 2.31. The number of methoxy groups -OCH3 is 1. The number of carbonyl (C=O) groups excluding carboxylic acids is 2. The molecule has 0 saturated carbocycles. The van der Waals surface area contributed by atoms with Gasteiger partial charge in [-0.3, -0.25) is 4.79 Å². The predicted molar refractivity (Wildman–Crippen MR) is 81.7 cm³/mol. The molecule has 1 heterocycles. The summed E-state index contributed by atoms with van der Waals surface area (Å²) < 4.78 is 10.6. The highest BCUT2D eigenvalue weighted by molar-refractivity contribution is 5.91. The maximum absolute atomic E-state index is 12.1. The average molecular weight is 318 g/mol. The molecule has 0 amide bonds. The van der Waals surface area contributed by atoms with Gasteiger partial charge in [0.1, 0.15) is 17.8 Å². The van der Waals surface area contributed by atoms with Crippen molar-refractivity contribution in [2.75, 3.05) is 7.11 Å². The fourth-order valence-electron chi connectivity index (χ4n) is 2.35. The number of phenolic OH excluding ortho intramolecular Hbond substituents is 2. The van der Waals surface area contributed by atoms with Crippen molar-refractivity contribution in [3.8, 4) is 11.5 Å². The monoisotopic (exact) mass is 318 g/mol. The van der Waals surface area contributed by atoms with Gasteiger partial charge in [0.25, 0.3) is 5.79 Å². The Morgan fingerprint density at radius 3 is 2.78 bits per heavy atom. The highest BCUT2D eigenvalue weighted by atomic mass is 16.7. The molecule has 23 heavy (non-hydrogen) atoms. The third-order valence-corrected chi connectivity index (χ3v) is 3.60. The lowest BCUT2D eigenvalue weighted by Gasteiger charge is -2.25. The van der Waals surface area contributed by atoms with Gasteiger partial charge in [0.2, 0.25) is 0 Å². The Labute approximate surface area is 133 Å². The third kappa shape index (κ3) is 3.43. The van der Waals surface area contributed by atoms with Gasteiger partial charge in [-0.1, -0.05) is 6.08 Å². The molecule has 6 heteroatoms. The zero-order valence-electron chi connectivity index (χ0n) is 12.9. The molecule has 1 aliphatic rings. The van der Waals surface area contributed by atoms with Crippen molar-refractivity contribution in [2.45, 2.75) is 25.6 Å². The van der Waals surface area contributed by atoms with Crippen molar-refractivity contribution in [2.24, 2.45) is 0 Å². The molecule has 122 valence electrons. The number of allylic oxidation sites excluding steroid dienone is 2. The van der Waals surface area contributed by atoms with Gasteiger partial charge >= 0.3 is 5.97 Å². The van der Waals surface area contributed by atoms with Crippen LogP contribution in [-0.4, -0.2) is 29.6 Å². The first-order valence-corrected chi connectivity index (χ1v) is 7.06. The van der Waals surface area contributed by atoms with Crippen LogP contribution in [0.3, 0.4) is 0 Å². The maximum atomic E-state index is 12.1. The van der Waals surface area contributed by atoms with Crippen molar-refractivity contribution in [3.05, 3.63) is 47.1 Å². The standard InChI is InChI=1S/C17H18O6/c1-11(10-18)4-3-5-12-9-17(22-2,23-16(12)21)14-8-13(19)6-7-15(14)20/h4,6-10,19-20H,3,5H2,1-2H3/b11-4+/t17-/m1/s1. The largest absolute Gasteiger partial charge is 0.508 e. The summed E-state index contributed by atoms with van der Waals surface area (Å²) in [7, 11) is 1.34. The molecule has 0 spiro atoms. The van der Waals surface area contributed by atoms with E-state index in [0.717, 1.165) is 6.29 Å². The first-order chi connectivity index (χ1) is 10.9. The molecule has 0 saturated heterocycles. The third-order valence-electron chi connectivity index (χ3n) is 3.60. The van der Waals surface area contributed by atoms with Crippen LogP contribution in [-0.2, 0) is 24.8 Å². The van der Waals surface area contributed by atoms with E-state index in [1.165, 1.54) is 31.4 Å². The molecular weight excluding hydrogens is 300 g/mol. The Kier molecular flexibility index (Phi) is 4.86. The zero-order valence-corrected chi connectivity index (χ0v) is 12.9. The number of cyclic esters (lactones) is 1. The summed E-state index contributed by atoms with van der Waals surface area (Å²) in [5, 5.41) is 19.6. The molecule has 0 aromatic heterocycles. The van der Waals surface area contributed by atoms with E-state index >= 15 is 0 Å². The summed E-state index contributed by atoms with van der Waals surface area (Å²) in [6.07, 6.45) is 4.81. The van der Waals surface area contributed by atoms with E-state index in [-0.39, 0.29) is 17.1 Å². The van der Waals surface area contributed by atoms with Crippen molar-refractivity contribution in [3.63, 3.8) is 0 Å². The number of hydrogen-bond donors (Lipinski definition) is 2. The van der Waals surface area contributed by atoms with Gasteiger partial charge in [-0.15, -0.1) is 0 Å². The number of ether oxygens (including phenoxy) is 2. The minimum absolute atomic E-state index is 0.0864. The molecule has 2 rings (SSSR count). The molecule has 0 fully saturated rings. The van der Waals surface area contributed by atoms with Gasteiger partial charge in [-0.2, -0.15) is 0 Å². The topological polar surface area (TPSA) is 93.1 Å². The summed E-state index contributed by atoms with van der Waals surface area (Å²) in [5.74, 6) is -2.38. The van der Waals surface area contributed by atoms with Crippen LogP contribution in [0.1, 0.15) is 25.3 Å². The van der Waals surface area contributed by atoms with Crippen LogP contribution in [0.15, 0.2) is 41.5 Å². The van der Waals surface area contributed by atoms with Crippen LogP contribution in [0.2, 0.25) is 0 Å². The quantitative estimate of drug-likeness (QED) is 0.362. The lowest BCUT2D eigenvalue weighted by molar-refractivity contribution is -0.193. The van der Waals surface area contributed by atoms with Gasteiger partial charge in [-0.05, 0) is 43.5 Å². The number of carbonyl (C=O) groups is 2. The SMILES string of the molecule is CO[C@]1(c2cc(O)ccc2O)C=C(CC/C=C(\C)C=O)C(=O)O1. The van der Waals surface area contributed by atoms with E-state index < -0.39 is 11.8 Å². The average Bonchev–Trinajstić information content (AvgIpc) is 2.87. The summed E-state index contributed by atoms with van der Waals surface area (Å²) in [5.41, 5.74) is 1.10. The van der Waals surface area contributed by atoms with Crippen LogP contribution in [0, 0.1) is 0 Å². The van der Waals surface area contributed by atoms with Gasteiger partial charge in [0, 0.05) is 18.8 Å².